The standard InChI is InChI=1S/C14H12N4O/c1-8-6-18-14-12(8)10(4-5-16-14)11-3-2-9(7-17-11)13(15)19/h2-7H,1H3,(H2,15,19)(H,16,18). The van der Waals surface area contributed by atoms with Gasteiger partial charge in [0.15, 0.2) is 0 Å². The summed E-state index contributed by atoms with van der Waals surface area (Å²) in [5, 5.41) is 1.04. The number of H-pyrrole nitrogens is 1. The number of hydrogen-bond donors (Lipinski definition) is 2. The van der Waals surface area contributed by atoms with Crippen LogP contribution in [0.1, 0.15) is 15.9 Å². The Hall–Kier alpha value is -2.69. The normalized spacial score (nSPS) is 10.8. The highest BCUT2D eigenvalue weighted by atomic mass is 16.1. The van der Waals surface area contributed by atoms with Crippen LogP contribution in [-0.2, 0) is 0 Å². The zero-order chi connectivity index (χ0) is 13.4. The van der Waals surface area contributed by atoms with Crippen LogP contribution in [0, 0.1) is 6.92 Å². The first kappa shape index (κ1) is 11.4. The number of nitrogens with two attached hydrogens (primary N) is 1. The molecule has 19 heavy (non-hydrogen) atoms. The average molecular weight is 252 g/mol. The second kappa shape index (κ2) is 4.20. The van der Waals surface area contributed by atoms with Crippen molar-refractivity contribution in [3.8, 4) is 11.3 Å². The number of nitrogens with one attached hydrogen (secondary N) is 1. The molecule has 3 rings (SSSR count). The summed E-state index contributed by atoms with van der Waals surface area (Å²) >= 11 is 0. The van der Waals surface area contributed by atoms with Crippen molar-refractivity contribution >= 4 is 16.9 Å². The summed E-state index contributed by atoms with van der Waals surface area (Å²) in [7, 11) is 0. The van der Waals surface area contributed by atoms with Crippen molar-refractivity contribution in [2.75, 3.05) is 0 Å². The molecule has 3 aromatic rings. The van der Waals surface area contributed by atoms with E-state index in [0.29, 0.717) is 5.56 Å². The third-order valence-electron chi connectivity index (χ3n) is 3.09. The van der Waals surface area contributed by atoms with Gasteiger partial charge in [-0.25, -0.2) is 4.98 Å². The van der Waals surface area contributed by atoms with Crippen LogP contribution in [-0.4, -0.2) is 20.9 Å². The Bertz CT molecular complexity index is 759. The molecule has 0 saturated heterocycles. The molecule has 0 radical (unpaired) electrons. The number of primary amides is 1. The minimum Gasteiger partial charge on any atom is -0.366 e. The van der Waals surface area contributed by atoms with Gasteiger partial charge < -0.3 is 10.7 Å². The van der Waals surface area contributed by atoms with Gasteiger partial charge in [0, 0.05) is 29.5 Å². The highest BCUT2D eigenvalue weighted by Gasteiger charge is 2.10. The van der Waals surface area contributed by atoms with Gasteiger partial charge in [-0.2, -0.15) is 0 Å². The van der Waals surface area contributed by atoms with Crippen LogP contribution in [0.15, 0.2) is 36.8 Å². The second-order valence-electron chi connectivity index (χ2n) is 4.35. The van der Waals surface area contributed by atoms with Gasteiger partial charge in [0.1, 0.15) is 5.65 Å². The second-order valence-corrected chi connectivity index (χ2v) is 4.35. The van der Waals surface area contributed by atoms with Crippen LogP contribution in [0.5, 0.6) is 0 Å². The Morgan fingerprint density at radius 1 is 1.26 bits per heavy atom. The molecule has 3 aromatic heterocycles. The smallest absolute Gasteiger partial charge is 0.250 e. The third-order valence-corrected chi connectivity index (χ3v) is 3.09. The molecule has 94 valence electrons. The molecule has 1 amide bonds. The lowest BCUT2D eigenvalue weighted by Gasteiger charge is -2.04. The number of aryl methyl sites for hydroxylation is 1. The number of aromatic amines is 1. The molecule has 0 aliphatic rings. The summed E-state index contributed by atoms with van der Waals surface area (Å²) in [6.07, 6.45) is 5.14. The van der Waals surface area contributed by atoms with Crippen molar-refractivity contribution in [3.05, 3.63) is 47.9 Å². The molecular weight excluding hydrogens is 240 g/mol. The fraction of sp³-hybridized carbons (Fsp3) is 0.0714. The zero-order valence-corrected chi connectivity index (χ0v) is 10.3. The summed E-state index contributed by atoms with van der Waals surface area (Å²) in [5.41, 5.74) is 9.33. The summed E-state index contributed by atoms with van der Waals surface area (Å²) in [4.78, 5) is 22.7. The minimum absolute atomic E-state index is 0.403. The SMILES string of the molecule is Cc1c[nH]c2nccc(-c3ccc(C(N)=O)cn3)c12. The summed E-state index contributed by atoms with van der Waals surface area (Å²) in [6.45, 7) is 2.02. The fourth-order valence-electron chi connectivity index (χ4n) is 2.13. The van der Waals surface area contributed by atoms with Gasteiger partial charge in [-0.1, -0.05) is 0 Å². The maximum absolute atomic E-state index is 11.0. The van der Waals surface area contributed by atoms with Gasteiger partial charge in [0.05, 0.1) is 11.3 Å². The topological polar surface area (TPSA) is 84.7 Å². The monoisotopic (exact) mass is 252 g/mol. The maximum Gasteiger partial charge on any atom is 0.250 e. The molecule has 5 nitrogen and oxygen atoms in total. The van der Waals surface area contributed by atoms with Crippen LogP contribution in [0.25, 0.3) is 22.3 Å². The Morgan fingerprint density at radius 2 is 2.11 bits per heavy atom. The summed E-state index contributed by atoms with van der Waals surface area (Å²) in [6, 6.07) is 5.38. The van der Waals surface area contributed by atoms with E-state index in [2.05, 4.69) is 15.0 Å². The first-order chi connectivity index (χ1) is 9.16. The van der Waals surface area contributed by atoms with E-state index >= 15 is 0 Å². The third kappa shape index (κ3) is 1.85. The number of carbonyl (C=O) groups is 1. The Kier molecular flexibility index (Phi) is 2.52. The number of amides is 1. The van der Waals surface area contributed by atoms with E-state index in [4.69, 9.17) is 5.73 Å². The van der Waals surface area contributed by atoms with E-state index in [1.165, 1.54) is 6.20 Å². The molecule has 0 aliphatic heterocycles. The maximum atomic E-state index is 11.0. The minimum atomic E-state index is -0.475. The van der Waals surface area contributed by atoms with Gasteiger partial charge in [-0.05, 0) is 30.7 Å². The van der Waals surface area contributed by atoms with Crippen LogP contribution < -0.4 is 5.73 Å². The van der Waals surface area contributed by atoms with E-state index in [1.807, 2.05) is 19.2 Å². The van der Waals surface area contributed by atoms with Gasteiger partial charge >= 0.3 is 0 Å². The molecule has 0 aliphatic carbocycles. The largest absolute Gasteiger partial charge is 0.366 e. The summed E-state index contributed by atoms with van der Waals surface area (Å²) < 4.78 is 0. The summed E-state index contributed by atoms with van der Waals surface area (Å²) in [5.74, 6) is -0.475. The molecule has 3 heterocycles. The molecule has 5 heteroatoms. The van der Waals surface area contributed by atoms with Crippen LogP contribution in [0.3, 0.4) is 0 Å². The van der Waals surface area contributed by atoms with E-state index in [-0.39, 0.29) is 0 Å². The Balaban J connectivity index is 2.18. The molecule has 0 aromatic carbocycles. The molecule has 0 unspecified atom stereocenters. The van der Waals surface area contributed by atoms with Gasteiger partial charge in [-0.15, -0.1) is 0 Å². The molecule has 0 bridgehead atoms. The fourth-order valence-corrected chi connectivity index (χ4v) is 2.13. The number of carbonyl (C=O) groups excluding carboxylic acids is 1. The van der Waals surface area contributed by atoms with E-state index in [9.17, 15) is 4.79 Å². The number of aromatic nitrogens is 3. The van der Waals surface area contributed by atoms with Crippen molar-refractivity contribution in [1.29, 1.82) is 0 Å². The predicted octanol–water partition coefficient (Wildman–Crippen LogP) is 2.03. The molecule has 0 spiro atoms. The number of pyridine rings is 2. The number of rotatable bonds is 2. The van der Waals surface area contributed by atoms with Crippen molar-refractivity contribution in [1.82, 2.24) is 15.0 Å². The zero-order valence-electron chi connectivity index (χ0n) is 10.3. The number of fused-ring (bicyclic) bond motifs is 1. The first-order valence-corrected chi connectivity index (χ1v) is 5.86. The number of hydrogen-bond acceptors (Lipinski definition) is 3. The lowest BCUT2D eigenvalue weighted by Crippen LogP contribution is -2.10. The lowest BCUT2D eigenvalue weighted by atomic mass is 10.1. The van der Waals surface area contributed by atoms with Gasteiger partial charge in [-0.3, -0.25) is 9.78 Å². The molecular formula is C14H12N4O. The van der Waals surface area contributed by atoms with Gasteiger partial charge in [0.25, 0.3) is 0 Å². The van der Waals surface area contributed by atoms with Crippen LogP contribution >= 0.6 is 0 Å². The highest BCUT2D eigenvalue weighted by Crippen LogP contribution is 2.28. The van der Waals surface area contributed by atoms with Crippen LogP contribution in [0.4, 0.5) is 0 Å². The van der Waals surface area contributed by atoms with Gasteiger partial charge in [0.2, 0.25) is 5.91 Å². The van der Waals surface area contributed by atoms with E-state index < -0.39 is 5.91 Å². The molecule has 0 saturated carbocycles. The lowest BCUT2D eigenvalue weighted by molar-refractivity contribution is 0.1000. The van der Waals surface area contributed by atoms with Crippen LogP contribution in [0.2, 0.25) is 0 Å². The Labute approximate surface area is 109 Å². The van der Waals surface area contributed by atoms with Crippen molar-refractivity contribution in [2.45, 2.75) is 6.92 Å². The van der Waals surface area contributed by atoms with Crippen molar-refractivity contribution in [2.24, 2.45) is 5.73 Å². The molecule has 0 atom stereocenters. The quantitative estimate of drug-likeness (QED) is 0.731. The van der Waals surface area contributed by atoms with Crippen molar-refractivity contribution < 1.29 is 4.79 Å². The Morgan fingerprint density at radius 3 is 2.79 bits per heavy atom. The average Bonchev–Trinajstić information content (AvgIpc) is 2.81. The van der Waals surface area contributed by atoms with Crippen molar-refractivity contribution in [3.63, 3.8) is 0 Å². The van der Waals surface area contributed by atoms with E-state index in [1.54, 1.807) is 18.3 Å². The van der Waals surface area contributed by atoms with E-state index in [0.717, 1.165) is 27.9 Å². The molecule has 3 N–H and O–H groups in total. The highest BCUT2D eigenvalue weighted by molar-refractivity contribution is 5.96. The predicted molar refractivity (Wildman–Crippen MR) is 72.6 cm³/mol. The number of nitrogens with zero attached hydrogens (tertiary/aromatic N) is 2. The first-order valence-electron chi connectivity index (χ1n) is 5.86. The molecule has 0 fully saturated rings.